The van der Waals surface area contributed by atoms with Gasteiger partial charge >= 0.3 is 27.9 Å². The predicted octanol–water partition coefficient (Wildman–Crippen LogP) is 4.46. The van der Waals surface area contributed by atoms with E-state index in [1.807, 2.05) is 31.3 Å². The van der Waals surface area contributed by atoms with Gasteiger partial charge in [-0.1, -0.05) is 108 Å². The Morgan fingerprint density at radius 3 is 1.39 bits per heavy atom. The van der Waals surface area contributed by atoms with Gasteiger partial charge in [0.15, 0.2) is 10.1 Å². The first-order chi connectivity index (χ1) is 17.6. The van der Waals surface area contributed by atoms with E-state index in [4.69, 9.17) is 13.0 Å². The number of para-hydroxylation sites is 1. The molecule has 5 aromatic rings. The van der Waals surface area contributed by atoms with Crippen molar-refractivity contribution >= 4 is 45.0 Å². The molecule has 202 valence electrons. The Hall–Kier alpha value is -2.85. The summed E-state index contributed by atoms with van der Waals surface area (Å²) < 4.78 is 60.7. The molecule has 4 aromatic carbocycles. The summed E-state index contributed by atoms with van der Waals surface area (Å²) in [5.41, 5.74) is -3.62. The van der Waals surface area contributed by atoms with Crippen molar-refractivity contribution in [3.8, 4) is 0 Å². The van der Waals surface area contributed by atoms with Gasteiger partial charge in [-0.05, 0) is 36.0 Å². The van der Waals surface area contributed by atoms with Gasteiger partial charge in [0.1, 0.15) is 5.52 Å². The number of fused-ring (bicyclic) bond motifs is 1. The quantitative estimate of drug-likeness (QED) is 0.118. The van der Waals surface area contributed by atoms with Crippen LogP contribution in [0.5, 0.6) is 0 Å². The monoisotopic (exact) mass is 741 g/mol. The van der Waals surface area contributed by atoms with E-state index in [0.717, 1.165) is 11.0 Å². The van der Waals surface area contributed by atoms with Crippen LogP contribution in [0.3, 0.4) is 0 Å². The molecule has 5 rings (SSSR count). The van der Waals surface area contributed by atoms with E-state index in [1.54, 1.807) is 4.68 Å². The molecule has 6 nitrogen and oxygen atoms in total. The van der Waals surface area contributed by atoms with Crippen molar-refractivity contribution in [2.75, 3.05) is 0 Å². The van der Waals surface area contributed by atoms with Crippen molar-refractivity contribution in [3.05, 3.63) is 115 Å². The summed E-state index contributed by atoms with van der Waals surface area (Å²) in [4.78, 5) is 0. The van der Waals surface area contributed by atoms with Gasteiger partial charge in [0.25, 0.3) is 0 Å². The maximum atomic E-state index is 10.7. The van der Waals surface area contributed by atoms with Crippen LogP contribution in [0, 0.1) is 0 Å². The van der Waals surface area contributed by atoms with Crippen LogP contribution in [0.25, 0.3) is 11.0 Å². The van der Waals surface area contributed by atoms with E-state index < -0.39 is 23.5 Å². The Morgan fingerprint density at radius 2 is 1.05 bits per heavy atom. The first-order valence-corrected chi connectivity index (χ1v) is 13.5. The number of aromatic nitrogens is 3. The second-order valence-electron chi connectivity index (χ2n) is 7.44. The van der Waals surface area contributed by atoms with Crippen LogP contribution in [0.2, 0.25) is 0 Å². The summed E-state index contributed by atoms with van der Waals surface area (Å²) in [6.45, 7) is 0. The molecule has 0 fully saturated rings. The van der Waals surface area contributed by atoms with E-state index in [0.29, 0.717) is 0 Å². The molecule has 0 bridgehead atoms. The van der Waals surface area contributed by atoms with E-state index in [9.17, 15) is 13.2 Å². The number of rotatable bonds is 3. The molecule has 0 aliphatic carbocycles. The summed E-state index contributed by atoms with van der Waals surface area (Å²) in [6, 6.07) is 40.2. The van der Waals surface area contributed by atoms with Crippen molar-refractivity contribution in [1.29, 1.82) is 0 Å². The normalized spacial score (nSPS) is 11.0. The number of halogens is 3. The van der Waals surface area contributed by atoms with E-state index in [2.05, 4.69) is 101 Å². The van der Waals surface area contributed by atoms with Crippen LogP contribution in [-0.4, -0.2) is 33.5 Å². The fourth-order valence-electron chi connectivity index (χ4n) is 3.16. The Kier molecular flexibility index (Phi) is 11.8. The molecule has 1 heterocycles. The molecule has 12 heteroatoms. The zero-order valence-electron chi connectivity index (χ0n) is 19.8. The van der Waals surface area contributed by atoms with Gasteiger partial charge < -0.3 is 4.55 Å². The van der Waals surface area contributed by atoms with E-state index in [-0.39, 0.29) is 22.4 Å². The fourth-order valence-corrected chi connectivity index (χ4v) is 5.47. The average molecular weight is 741 g/mol. The van der Waals surface area contributed by atoms with Crippen LogP contribution in [0.15, 0.2) is 115 Å². The number of aryl methyl sites for hydroxylation is 1. The third-order valence-corrected chi connectivity index (χ3v) is 7.85. The molecule has 0 aliphatic heterocycles. The Labute approximate surface area is 235 Å². The number of nitrogens with zero attached hydrogens (tertiary/aromatic N) is 3. The minimum atomic E-state index is -6.09. The van der Waals surface area contributed by atoms with Crippen LogP contribution >= 0.6 is 7.92 Å². The SMILES string of the molecule is Cn1nnc2ccccc21.O=S(=O)([O-])C(F)(F)F.[Au+].c1ccc(P(c2ccccc2)c2ccccc2)cc1. The van der Waals surface area contributed by atoms with Crippen molar-refractivity contribution < 1.29 is 48.5 Å². The van der Waals surface area contributed by atoms with Crippen LogP contribution < -0.4 is 15.9 Å². The number of hydrogen-bond acceptors (Lipinski definition) is 5. The summed E-state index contributed by atoms with van der Waals surface area (Å²) in [5.74, 6) is 0. The number of alkyl halides is 3. The molecule has 0 saturated carbocycles. The second-order valence-corrected chi connectivity index (χ2v) is 11.0. The molecule has 0 N–H and O–H groups in total. The van der Waals surface area contributed by atoms with Crippen LogP contribution in [-0.2, 0) is 39.5 Å². The van der Waals surface area contributed by atoms with Crippen molar-refractivity contribution in [2.24, 2.45) is 7.05 Å². The first kappa shape index (κ1) is 31.4. The Bertz CT molecular complexity index is 1410. The molecule has 38 heavy (non-hydrogen) atoms. The Morgan fingerprint density at radius 1 is 0.711 bits per heavy atom. The number of benzene rings is 4. The van der Waals surface area contributed by atoms with E-state index in [1.165, 1.54) is 15.9 Å². The van der Waals surface area contributed by atoms with Gasteiger partial charge in [-0.15, -0.1) is 5.10 Å². The molecule has 0 atom stereocenters. The molecule has 0 radical (unpaired) electrons. The molecule has 0 saturated heterocycles. The van der Waals surface area contributed by atoms with Gasteiger partial charge in [0.05, 0.1) is 5.52 Å². The van der Waals surface area contributed by atoms with Gasteiger partial charge in [-0.2, -0.15) is 13.2 Å². The smallest absolute Gasteiger partial charge is 0.741 e. The summed E-state index contributed by atoms with van der Waals surface area (Å²) in [5, 5.41) is 12.0. The van der Waals surface area contributed by atoms with Crippen LogP contribution in [0.1, 0.15) is 0 Å². The van der Waals surface area contributed by atoms with Crippen molar-refractivity contribution in [1.82, 2.24) is 15.0 Å². The third-order valence-electron chi connectivity index (χ3n) is 4.84. The van der Waals surface area contributed by atoms with Crippen molar-refractivity contribution in [3.63, 3.8) is 0 Å². The molecule has 0 aliphatic rings. The van der Waals surface area contributed by atoms with Crippen LogP contribution in [0.4, 0.5) is 13.2 Å². The van der Waals surface area contributed by atoms with Gasteiger partial charge in [0.2, 0.25) is 0 Å². The first-order valence-electron chi connectivity index (χ1n) is 10.8. The molecular weight excluding hydrogens is 719 g/mol. The molecule has 0 unspecified atom stereocenters. The second kappa shape index (κ2) is 14.3. The van der Waals surface area contributed by atoms with Gasteiger partial charge in [-0.3, -0.25) is 0 Å². The maximum absolute atomic E-state index is 10.7. The minimum absolute atomic E-state index is 0. The summed E-state index contributed by atoms with van der Waals surface area (Å²) >= 11 is 0. The predicted molar refractivity (Wildman–Crippen MR) is 139 cm³/mol. The topological polar surface area (TPSA) is 87.9 Å². The Balaban J connectivity index is 0.000000225. The maximum Gasteiger partial charge on any atom is 1.00 e. The fraction of sp³-hybridized carbons (Fsp3) is 0.0769. The standard InChI is InChI=1S/C18H15P.C7H7N3.CHF3O3S.Au/c1-4-10-16(11-5-1)19(17-12-6-2-7-13-17)18-14-8-3-9-15-18;1-10-7-5-3-2-4-6(7)8-9-10;2-1(3,4)8(5,6)7;/h1-15H;2-5H,1H3;(H,5,6,7);/q;;;+1/p-1. The summed E-state index contributed by atoms with van der Waals surface area (Å²) in [6.07, 6.45) is 0. The average Bonchev–Trinajstić information content (AvgIpc) is 3.27. The van der Waals surface area contributed by atoms with Gasteiger partial charge in [0, 0.05) is 7.05 Å². The molecular formula is C26H22AuF3N3O3PS. The zero-order chi connectivity index (χ0) is 26.9. The zero-order valence-corrected chi connectivity index (χ0v) is 23.7. The molecule has 0 spiro atoms. The minimum Gasteiger partial charge on any atom is -0.741 e. The molecule has 0 amide bonds. The molecule has 1 aromatic heterocycles. The van der Waals surface area contributed by atoms with Gasteiger partial charge in [-0.25, -0.2) is 13.1 Å². The van der Waals surface area contributed by atoms with Crippen molar-refractivity contribution in [2.45, 2.75) is 5.51 Å². The largest absolute Gasteiger partial charge is 1.00 e. The third kappa shape index (κ3) is 8.87. The summed E-state index contributed by atoms with van der Waals surface area (Å²) in [7, 11) is -4.65. The van der Waals surface area contributed by atoms with E-state index >= 15 is 0 Å². The number of hydrogen-bond donors (Lipinski definition) is 0.